The van der Waals surface area contributed by atoms with Crippen LogP contribution in [0.15, 0.2) is 21.5 Å². The van der Waals surface area contributed by atoms with Crippen LogP contribution < -0.4 is 4.72 Å². The van der Waals surface area contributed by atoms with Crippen LogP contribution in [0.25, 0.3) is 0 Å². The van der Waals surface area contributed by atoms with Crippen molar-refractivity contribution in [3.63, 3.8) is 0 Å². The first-order valence-corrected chi connectivity index (χ1v) is 7.24. The van der Waals surface area contributed by atoms with Crippen LogP contribution in [-0.2, 0) is 10.0 Å². The Kier molecular flexibility index (Phi) is 3.39. The lowest BCUT2D eigenvalue weighted by atomic mass is 10.3. The van der Waals surface area contributed by atoms with Gasteiger partial charge in [0, 0.05) is 18.2 Å². The van der Waals surface area contributed by atoms with Gasteiger partial charge < -0.3 is 0 Å². The summed E-state index contributed by atoms with van der Waals surface area (Å²) in [6.07, 6.45) is 1.38. The molecule has 18 heavy (non-hydrogen) atoms. The Labute approximate surface area is 111 Å². The number of nitrogens with zero attached hydrogens (tertiary/aromatic N) is 1. The van der Waals surface area contributed by atoms with E-state index in [4.69, 9.17) is 0 Å². The summed E-state index contributed by atoms with van der Waals surface area (Å²) in [6, 6.07) is 1.43. The summed E-state index contributed by atoms with van der Waals surface area (Å²) in [5, 5.41) is 10.6. The fourth-order valence-corrected chi connectivity index (χ4v) is 3.34. The number of halogens is 2. The molecule has 0 bridgehead atoms. The van der Waals surface area contributed by atoms with E-state index in [1.165, 1.54) is 0 Å². The summed E-state index contributed by atoms with van der Waals surface area (Å²) < 4.78 is 39.4. The predicted octanol–water partition coefficient (Wildman–Crippen LogP) is 1.94. The molecule has 2 rings (SSSR count). The Hall–Kier alpha value is -1.06. The molecule has 0 aliphatic heterocycles. The average molecular weight is 339 g/mol. The van der Waals surface area contributed by atoms with Crippen LogP contribution in [0.2, 0.25) is 0 Å². The summed E-state index contributed by atoms with van der Waals surface area (Å²) in [4.78, 5) is 9.14. The highest BCUT2D eigenvalue weighted by molar-refractivity contribution is 9.10. The Morgan fingerprint density at radius 1 is 1.44 bits per heavy atom. The number of nitro benzene ring substituents is 1. The van der Waals surface area contributed by atoms with E-state index in [9.17, 15) is 22.9 Å². The van der Waals surface area contributed by atoms with Crippen LogP contribution in [0.5, 0.6) is 0 Å². The smallest absolute Gasteiger partial charge is 0.258 e. The molecule has 0 radical (unpaired) electrons. The minimum Gasteiger partial charge on any atom is -0.258 e. The highest BCUT2D eigenvalue weighted by atomic mass is 79.9. The molecule has 98 valence electrons. The fraction of sp³-hybridized carbons (Fsp3) is 0.333. The van der Waals surface area contributed by atoms with Crippen LogP contribution in [0.1, 0.15) is 12.8 Å². The Bertz CT molecular complexity index is 615. The maximum Gasteiger partial charge on any atom is 0.272 e. The molecule has 1 aromatic rings. The molecule has 1 aliphatic rings. The Morgan fingerprint density at radius 3 is 2.56 bits per heavy atom. The van der Waals surface area contributed by atoms with Crippen molar-refractivity contribution in [3.05, 3.63) is 32.5 Å². The van der Waals surface area contributed by atoms with E-state index < -0.39 is 31.3 Å². The van der Waals surface area contributed by atoms with Gasteiger partial charge in [-0.2, -0.15) is 0 Å². The number of nitro groups is 1. The second-order valence-electron chi connectivity index (χ2n) is 3.89. The first kappa shape index (κ1) is 13.4. The van der Waals surface area contributed by atoms with Crippen molar-refractivity contribution in [2.75, 3.05) is 0 Å². The zero-order valence-electron chi connectivity index (χ0n) is 8.89. The lowest BCUT2D eigenvalue weighted by molar-refractivity contribution is -0.385. The molecule has 9 heteroatoms. The van der Waals surface area contributed by atoms with Crippen LogP contribution in [-0.4, -0.2) is 19.4 Å². The zero-order chi connectivity index (χ0) is 13.5. The molecule has 1 fully saturated rings. The molecule has 0 aromatic heterocycles. The normalized spacial score (nSPS) is 15.7. The molecule has 1 aromatic carbocycles. The molecule has 1 saturated carbocycles. The van der Waals surface area contributed by atoms with Gasteiger partial charge in [-0.15, -0.1) is 0 Å². The van der Waals surface area contributed by atoms with Crippen LogP contribution in [0.3, 0.4) is 0 Å². The molecule has 0 amide bonds. The number of hydrogen-bond donors (Lipinski definition) is 1. The summed E-state index contributed by atoms with van der Waals surface area (Å²) in [5.74, 6) is -1.03. The van der Waals surface area contributed by atoms with E-state index >= 15 is 0 Å². The Balaban J connectivity index is 2.51. The van der Waals surface area contributed by atoms with Crippen molar-refractivity contribution in [1.29, 1.82) is 0 Å². The van der Waals surface area contributed by atoms with Gasteiger partial charge in [0.05, 0.1) is 9.40 Å². The van der Waals surface area contributed by atoms with Crippen molar-refractivity contribution in [3.8, 4) is 0 Å². The molecule has 6 nitrogen and oxygen atoms in total. The van der Waals surface area contributed by atoms with Gasteiger partial charge in [0.1, 0.15) is 4.90 Å². The van der Waals surface area contributed by atoms with Crippen molar-refractivity contribution >= 4 is 31.6 Å². The molecule has 0 saturated heterocycles. The minimum absolute atomic E-state index is 0.201. The number of hydrogen-bond acceptors (Lipinski definition) is 4. The largest absolute Gasteiger partial charge is 0.272 e. The molecule has 0 spiro atoms. The van der Waals surface area contributed by atoms with Crippen LogP contribution >= 0.6 is 15.9 Å². The average Bonchev–Trinajstić information content (AvgIpc) is 3.04. The molecule has 0 atom stereocenters. The van der Waals surface area contributed by atoms with Crippen molar-refractivity contribution in [2.45, 2.75) is 23.8 Å². The van der Waals surface area contributed by atoms with E-state index in [-0.39, 0.29) is 10.5 Å². The van der Waals surface area contributed by atoms with Crippen LogP contribution in [0, 0.1) is 15.9 Å². The van der Waals surface area contributed by atoms with E-state index in [2.05, 4.69) is 20.7 Å². The minimum atomic E-state index is -4.07. The maximum atomic E-state index is 13.7. The van der Waals surface area contributed by atoms with Gasteiger partial charge in [-0.05, 0) is 28.8 Å². The summed E-state index contributed by atoms with van der Waals surface area (Å²) in [5.41, 5.74) is -0.487. The fourth-order valence-electron chi connectivity index (χ4n) is 1.34. The molecular weight excluding hydrogens is 331 g/mol. The van der Waals surface area contributed by atoms with Gasteiger partial charge in [-0.1, -0.05) is 0 Å². The van der Waals surface area contributed by atoms with E-state index in [1.807, 2.05) is 0 Å². The van der Waals surface area contributed by atoms with E-state index in [0.29, 0.717) is 18.9 Å². The standard InChI is InChI=1S/C9H8BrFN2O4S/c10-7-3-6(13(14)15)4-8(9(7)11)18(16,17)12-5-1-2-5/h3-5,12H,1-2H2. The van der Waals surface area contributed by atoms with Gasteiger partial charge in [0.25, 0.3) is 5.69 Å². The second-order valence-corrected chi connectivity index (χ2v) is 6.43. The number of sulfonamides is 1. The zero-order valence-corrected chi connectivity index (χ0v) is 11.3. The lowest BCUT2D eigenvalue weighted by Gasteiger charge is -2.07. The maximum absolute atomic E-state index is 13.7. The monoisotopic (exact) mass is 338 g/mol. The summed E-state index contributed by atoms with van der Waals surface area (Å²) in [7, 11) is -4.07. The number of non-ortho nitro benzene ring substituents is 1. The number of nitrogens with one attached hydrogen (secondary N) is 1. The third kappa shape index (κ3) is 2.68. The highest BCUT2D eigenvalue weighted by Crippen LogP contribution is 2.30. The van der Waals surface area contributed by atoms with Gasteiger partial charge in [0.15, 0.2) is 5.82 Å². The van der Waals surface area contributed by atoms with Gasteiger partial charge in [-0.3, -0.25) is 10.1 Å². The van der Waals surface area contributed by atoms with Crippen LogP contribution in [0.4, 0.5) is 10.1 Å². The van der Waals surface area contributed by atoms with E-state index in [1.54, 1.807) is 0 Å². The topological polar surface area (TPSA) is 89.3 Å². The molecule has 0 unspecified atom stereocenters. The van der Waals surface area contributed by atoms with Crippen molar-refractivity contribution in [2.24, 2.45) is 0 Å². The molecular formula is C9H8BrFN2O4S. The van der Waals surface area contributed by atoms with Gasteiger partial charge in [-0.25, -0.2) is 17.5 Å². The number of benzene rings is 1. The summed E-state index contributed by atoms with van der Waals surface area (Å²) in [6.45, 7) is 0. The van der Waals surface area contributed by atoms with E-state index in [0.717, 1.165) is 6.07 Å². The van der Waals surface area contributed by atoms with Crippen molar-refractivity contribution in [1.82, 2.24) is 4.72 Å². The number of rotatable bonds is 4. The SMILES string of the molecule is O=[N+]([O-])c1cc(Br)c(F)c(S(=O)(=O)NC2CC2)c1. The first-order chi connectivity index (χ1) is 8.31. The molecule has 1 N–H and O–H groups in total. The summed E-state index contributed by atoms with van der Waals surface area (Å²) >= 11 is 2.77. The third-order valence-corrected chi connectivity index (χ3v) is 4.48. The predicted molar refractivity (Wildman–Crippen MR) is 64.1 cm³/mol. The second kappa shape index (κ2) is 4.56. The van der Waals surface area contributed by atoms with Gasteiger partial charge in [0.2, 0.25) is 10.0 Å². The highest BCUT2D eigenvalue weighted by Gasteiger charge is 2.31. The lowest BCUT2D eigenvalue weighted by Crippen LogP contribution is -2.26. The van der Waals surface area contributed by atoms with Gasteiger partial charge >= 0.3 is 0 Å². The third-order valence-electron chi connectivity index (χ3n) is 2.38. The quantitative estimate of drug-likeness (QED) is 0.671. The Morgan fingerprint density at radius 2 is 2.06 bits per heavy atom. The molecule has 1 aliphatic carbocycles. The first-order valence-electron chi connectivity index (χ1n) is 4.97. The van der Waals surface area contributed by atoms with Crippen molar-refractivity contribution < 1.29 is 17.7 Å². The molecule has 0 heterocycles.